The molecule has 0 radical (unpaired) electrons. The average molecular weight is 418 g/mol. The van der Waals surface area contributed by atoms with Gasteiger partial charge in [-0.15, -0.1) is 0 Å². The summed E-state index contributed by atoms with van der Waals surface area (Å²) in [5, 5.41) is 0. The number of ether oxygens (including phenoxy) is 4. The lowest BCUT2D eigenvalue weighted by Crippen LogP contribution is -2.11. The smallest absolute Gasteiger partial charge is 0.335 e. The van der Waals surface area contributed by atoms with E-state index in [4.69, 9.17) is 18.9 Å². The molecule has 0 N–H and O–H groups in total. The topological polar surface area (TPSA) is 71.1 Å². The number of carbonyl (C=O) groups excluding carboxylic acids is 2. The average Bonchev–Trinajstić information content (AvgIpc) is 2.69. The summed E-state index contributed by atoms with van der Waals surface area (Å²) in [7, 11) is 0. The summed E-state index contributed by atoms with van der Waals surface area (Å²) in [6.07, 6.45) is 0. The molecule has 158 valence electrons. The van der Waals surface area contributed by atoms with Crippen molar-refractivity contribution in [3.05, 3.63) is 72.3 Å². The van der Waals surface area contributed by atoms with Gasteiger partial charge in [-0.2, -0.15) is 0 Å². The lowest BCUT2D eigenvalue weighted by molar-refractivity contribution is -0.146. The Morgan fingerprint density at radius 3 is 1.97 bits per heavy atom. The van der Waals surface area contributed by atoms with Crippen LogP contribution < -0.4 is 9.47 Å². The van der Waals surface area contributed by atoms with Crippen molar-refractivity contribution < 1.29 is 37.3 Å². The molecule has 0 heterocycles. The molecule has 0 saturated heterocycles. The Kier molecular flexibility index (Phi) is 7.69. The number of carbonyl (C=O) groups is 2. The monoisotopic (exact) mass is 418 g/mol. The third-order valence-electron chi connectivity index (χ3n) is 3.70. The van der Waals surface area contributed by atoms with Crippen molar-refractivity contribution in [3.8, 4) is 22.6 Å². The Hall–Kier alpha value is -3.68. The van der Waals surface area contributed by atoms with E-state index in [0.717, 1.165) is 12.1 Å². The zero-order valence-electron chi connectivity index (χ0n) is 16.5. The second-order valence-electron chi connectivity index (χ2n) is 6.24. The third-order valence-corrected chi connectivity index (χ3v) is 3.70. The summed E-state index contributed by atoms with van der Waals surface area (Å²) in [5.41, 5.74) is 0.784. The minimum atomic E-state index is -0.759. The first kappa shape index (κ1) is 22.6. The van der Waals surface area contributed by atoms with Gasteiger partial charge in [0.15, 0.2) is 11.6 Å². The van der Waals surface area contributed by atoms with Crippen LogP contribution in [0.4, 0.5) is 8.78 Å². The molecule has 2 aromatic rings. The van der Waals surface area contributed by atoms with Gasteiger partial charge in [0.1, 0.15) is 11.6 Å². The Balaban J connectivity index is 2.02. The largest absolute Gasteiger partial charge is 0.457 e. The predicted octanol–water partition coefficient (Wildman–Crippen LogP) is 4.54. The van der Waals surface area contributed by atoms with Gasteiger partial charge < -0.3 is 18.9 Å². The first-order valence-electron chi connectivity index (χ1n) is 8.69. The highest BCUT2D eigenvalue weighted by Crippen LogP contribution is 2.29. The van der Waals surface area contributed by atoms with Crippen LogP contribution in [0, 0.1) is 11.6 Å². The Morgan fingerprint density at radius 2 is 1.43 bits per heavy atom. The molecule has 2 aromatic carbocycles. The van der Waals surface area contributed by atoms with Crippen molar-refractivity contribution in [2.75, 3.05) is 13.6 Å². The van der Waals surface area contributed by atoms with Crippen LogP contribution in [0.2, 0.25) is 0 Å². The van der Waals surface area contributed by atoms with Crippen molar-refractivity contribution in [3.63, 3.8) is 0 Å². The van der Waals surface area contributed by atoms with Gasteiger partial charge in [0.25, 0.3) is 0 Å². The van der Waals surface area contributed by atoms with Gasteiger partial charge in [0.05, 0.1) is 0 Å². The van der Waals surface area contributed by atoms with Gasteiger partial charge in [-0.05, 0) is 43.7 Å². The highest BCUT2D eigenvalue weighted by atomic mass is 19.1. The standard InChI is InChI=1S/C22H20F2O6/c1-13(2)21(25)29-11-27-16-6-7-17(18(23)10-16)15-5-8-20(19(24)9-15)28-12-30-22(26)14(3)4/h5-10H,1,3,11-12H2,2,4H3. The van der Waals surface area contributed by atoms with Gasteiger partial charge in [0, 0.05) is 22.8 Å². The van der Waals surface area contributed by atoms with Gasteiger partial charge in [0.2, 0.25) is 13.6 Å². The van der Waals surface area contributed by atoms with Crippen LogP contribution >= 0.6 is 0 Å². The van der Waals surface area contributed by atoms with Crippen molar-refractivity contribution >= 4 is 11.9 Å². The molecule has 0 unspecified atom stereocenters. The number of benzene rings is 2. The molecule has 0 amide bonds. The molecule has 0 spiro atoms. The Morgan fingerprint density at radius 1 is 0.833 bits per heavy atom. The number of esters is 2. The van der Waals surface area contributed by atoms with E-state index in [9.17, 15) is 18.4 Å². The van der Waals surface area contributed by atoms with Crippen molar-refractivity contribution in [1.29, 1.82) is 0 Å². The molecule has 8 heteroatoms. The Labute approximate surface area is 172 Å². The van der Waals surface area contributed by atoms with Gasteiger partial charge in [-0.3, -0.25) is 0 Å². The van der Waals surface area contributed by atoms with Gasteiger partial charge in [-0.25, -0.2) is 18.4 Å². The van der Waals surface area contributed by atoms with Crippen LogP contribution in [-0.4, -0.2) is 25.5 Å². The van der Waals surface area contributed by atoms with Gasteiger partial charge >= 0.3 is 11.9 Å². The van der Waals surface area contributed by atoms with E-state index in [-0.39, 0.29) is 33.8 Å². The number of hydrogen-bond donors (Lipinski definition) is 0. The molecular weight excluding hydrogens is 398 g/mol. The SMILES string of the molecule is C=C(C)C(=O)OCOc1ccc(-c2ccc(OCOC(=O)C(=C)C)c(F)c2)c(F)c1. The predicted molar refractivity (Wildman–Crippen MR) is 105 cm³/mol. The normalized spacial score (nSPS) is 10.1. The molecule has 6 nitrogen and oxygen atoms in total. The van der Waals surface area contributed by atoms with Crippen LogP contribution in [0.3, 0.4) is 0 Å². The van der Waals surface area contributed by atoms with E-state index < -0.39 is 37.2 Å². The van der Waals surface area contributed by atoms with Crippen LogP contribution in [0.25, 0.3) is 11.1 Å². The van der Waals surface area contributed by atoms with Crippen molar-refractivity contribution in [1.82, 2.24) is 0 Å². The number of hydrogen-bond acceptors (Lipinski definition) is 6. The lowest BCUT2D eigenvalue weighted by Gasteiger charge is -2.11. The third kappa shape index (κ3) is 6.16. The first-order chi connectivity index (χ1) is 14.2. The van der Waals surface area contributed by atoms with E-state index >= 15 is 0 Å². The fourth-order valence-electron chi connectivity index (χ4n) is 2.15. The van der Waals surface area contributed by atoms with E-state index in [1.165, 1.54) is 38.1 Å². The van der Waals surface area contributed by atoms with E-state index in [0.29, 0.717) is 0 Å². The quantitative estimate of drug-likeness (QED) is 0.338. The molecule has 0 aliphatic heterocycles. The lowest BCUT2D eigenvalue weighted by atomic mass is 10.0. The van der Waals surface area contributed by atoms with Gasteiger partial charge in [-0.1, -0.05) is 19.2 Å². The highest BCUT2D eigenvalue weighted by Gasteiger charge is 2.12. The summed E-state index contributed by atoms with van der Waals surface area (Å²) in [4.78, 5) is 22.6. The second-order valence-corrected chi connectivity index (χ2v) is 6.24. The summed E-state index contributed by atoms with van der Waals surface area (Å²) in [5.74, 6) is -2.74. The number of rotatable bonds is 9. The van der Waals surface area contributed by atoms with Crippen molar-refractivity contribution in [2.24, 2.45) is 0 Å². The van der Waals surface area contributed by atoms with Crippen LogP contribution in [0.1, 0.15) is 13.8 Å². The summed E-state index contributed by atoms with van der Waals surface area (Å²) in [6, 6.07) is 7.77. The first-order valence-corrected chi connectivity index (χ1v) is 8.69. The van der Waals surface area contributed by atoms with E-state index in [1.807, 2.05) is 0 Å². The summed E-state index contributed by atoms with van der Waals surface area (Å²) in [6.45, 7) is 8.91. The summed E-state index contributed by atoms with van der Waals surface area (Å²) >= 11 is 0. The molecule has 0 aliphatic rings. The fraction of sp³-hybridized carbons (Fsp3) is 0.182. The van der Waals surface area contributed by atoms with Crippen molar-refractivity contribution in [2.45, 2.75) is 13.8 Å². The molecule has 2 rings (SSSR count). The molecule has 0 fully saturated rings. The maximum Gasteiger partial charge on any atom is 0.335 e. The zero-order valence-corrected chi connectivity index (χ0v) is 16.5. The minimum Gasteiger partial charge on any atom is -0.457 e. The second kappa shape index (κ2) is 10.2. The van der Waals surface area contributed by atoms with Crippen LogP contribution in [0.15, 0.2) is 60.7 Å². The maximum atomic E-state index is 14.4. The van der Waals surface area contributed by atoms with E-state index in [2.05, 4.69) is 13.2 Å². The minimum absolute atomic E-state index is 0.125. The van der Waals surface area contributed by atoms with Crippen LogP contribution in [0.5, 0.6) is 11.5 Å². The maximum absolute atomic E-state index is 14.4. The molecule has 0 aliphatic carbocycles. The molecular formula is C22H20F2O6. The number of halogens is 2. The molecule has 0 atom stereocenters. The molecule has 0 saturated carbocycles. The fourth-order valence-corrected chi connectivity index (χ4v) is 2.15. The van der Waals surface area contributed by atoms with E-state index in [1.54, 1.807) is 0 Å². The highest BCUT2D eigenvalue weighted by molar-refractivity contribution is 5.87. The summed E-state index contributed by atoms with van der Waals surface area (Å²) < 4.78 is 48.4. The molecule has 30 heavy (non-hydrogen) atoms. The zero-order chi connectivity index (χ0) is 22.3. The Bertz CT molecular complexity index is 984. The van der Waals surface area contributed by atoms with Crippen LogP contribution in [-0.2, 0) is 19.1 Å². The molecule has 0 bridgehead atoms. The molecule has 0 aromatic heterocycles.